The highest BCUT2D eigenvalue weighted by atomic mass is 16.5. The Bertz CT molecular complexity index is 643. The number of ether oxygens (including phenoxy) is 1. The van der Waals surface area contributed by atoms with Crippen LogP contribution >= 0.6 is 0 Å². The molecule has 0 aromatic heterocycles. The van der Waals surface area contributed by atoms with Crippen molar-refractivity contribution in [2.45, 2.75) is 25.5 Å². The van der Waals surface area contributed by atoms with Gasteiger partial charge in [0.15, 0.2) is 0 Å². The SMILES string of the molecule is Nc1cccc2c1CCN(CC1Cc3ccccc3O1)C2. The van der Waals surface area contributed by atoms with Crippen LogP contribution in [0.25, 0.3) is 0 Å². The van der Waals surface area contributed by atoms with Crippen molar-refractivity contribution in [2.24, 2.45) is 0 Å². The van der Waals surface area contributed by atoms with Crippen molar-refractivity contribution in [1.82, 2.24) is 4.90 Å². The van der Waals surface area contributed by atoms with Crippen LogP contribution in [0.3, 0.4) is 0 Å². The molecule has 3 nitrogen and oxygen atoms in total. The number of fused-ring (bicyclic) bond motifs is 2. The Labute approximate surface area is 125 Å². The fourth-order valence-corrected chi connectivity index (χ4v) is 3.50. The number of hydrogen-bond acceptors (Lipinski definition) is 3. The van der Waals surface area contributed by atoms with Gasteiger partial charge in [-0.3, -0.25) is 4.90 Å². The lowest BCUT2D eigenvalue weighted by Gasteiger charge is -2.31. The number of para-hydroxylation sites is 1. The average Bonchev–Trinajstić information content (AvgIpc) is 2.89. The Hall–Kier alpha value is -2.00. The van der Waals surface area contributed by atoms with Gasteiger partial charge in [0.2, 0.25) is 0 Å². The third-order valence-corrected chi connectivity index (χ3v) is 4.56. The minimum absolute atomic E-state index is 0.282. The zero-order valence-electron chi connectivity index (χ0n) is 12.1. The van der Waals surface area contributed by atoms with Gasteiger partial charge in [0.1, 0.15) is 11.9 Å². The Morgan fingerprint density at radius 3 is 2.86 bits per heavy atom. The Balaban J connectivity index is 1.44. The molecule has 0 fully saturated rings. The number of benzene rings is 2. The summed E-state index contributed by atoms with van der Waals surface area (Å²) in [5.41, 5.74) is 11.1. The molecule has 4 rings (SSSR count). The van der Waals surface area contributed by atoms with Gasteiger partial charge in [0.25, 0.3) is 0 Å². The molecule has 0 amide bonds. The quantitative estimate of drug-likeness (QED) is 0.859. The van der Waals surface area contributed by atoms with Crippen LogP contribution in [0, 0.1) is 0 Å². The first-order valence-electron chi connectivity index (χ1n) is 7.63. The van der Waals surface area contributed by atoms with Crippen molar-refractivity contribution in [3.8, 4) is 5.75 Å². The van der Waals surface area contributed by atoms with Gasteiger partial charge in [0.05, 0.1) is 0 Å². The number of nitrogen functional groups attached to an aromatic ring is 1. The number of nitrogens with two attached hydrogens (primary N) is 1. The monoisotopic (exact) mass is 280 g/mol. The minimum atomic E-state index is 0.282. The predicted octanol–water partition coefficient (Wildman–Crippen LogP) is 2.63. The second-order valence-corrected chi connectivity index (χ2v) is 6.02. The second kappa shape index (κ2) is 5.08. The van der Waals surface area contributed by atoms with E-state index in [1.165, 1.54) is 16.7 Å². The lowest BCUT2D eigenvalue weighted by Crippen LogP contribution is -2.38. The average molecular weight is 280 g/mol. The van der Waals surface area contributed by atoms with E-state index >= 15 is 0 Å². The first-order chi connectivity index (χ1) is 10.3. The van der Waals surface area contributed by atoms with E-state index in [0.29, 0.717) is 0 Å². The van der Waals surface area contributed by atoms with E-state index in [1.54, 1.807) is 0 Å². The van der Waals surface area contributed by atoms with Gasteiger partial charge in [-0.2, -0.15) is 0 Å². The summed E-state index contributed by atoms with van der Waals surface area (Å²) in [6.45, 7) is 3.04. The molecule has 1 atom stereocenters. The van der Waals surface area contributed by atoms with Gasteiger partial charge in [-0.25, -0.2) is 0 Å². The summed E-state index contributed by atoms with van der Waals surface area (Å²) in [6.07, 6.45) is 2.35. The lowest BCUT2D eigenvalue weighted by molar-refractivity contribution is 0.141. The van der Waals surface area contributed by atoms with Crippen LogP contribution in [-0.4, -0.2) is 24.1 Å². The topological polar surface area (TPSA) is 38.5 Å². The number of anilines is 1. The van der Waals surface area contributed by atoms with E-state index in [0.717, 1.165) is 43.9 Å². The van der Waals surface area contributed by atoms with Gasteiger partial charge in [-0.05, 0) is 35.2 Å². The normalized spacial score (nSPS) is 20.7. The van der Waals surface area contributed by atoms with Crippen molar-refractivity contribution in [3.05, 3.63) is 59.2 Å². The van der Waals surface area contributed by atoms with Crippen LogP contribution < -0.4 is 10.5 Å². The maximum atomic E-state index is 6.06. The van der Waals surface area contributed by atoms with Crippen LogP contribution in [-0.2, 0) is 19.4 Å². The molecule has 2 heterocycles. The minimum Gasteiger partial charge on any atom is -0.488 e. The molecule has 108 valence electrons. The second-order valence-electron chi connectivity index (χ2n) is 6.02. The number of nitrogens with zero attached hydrogens (tertiary/aromatic N) is 1. The van der Waals surface area contributed by atoms with Crippen molar-refractivity contribution in [3.63, 3.8) is 0 Å². The van der Waals surface area contributed by atoms with Gasteiger partial charge in [-0.1, -0.05) is 30.3 Å². The van der Waals surface area contributed by atoms with Crippen LogP contribution in [0.4, 0.5) is 5.69 Å². The fourth-order valence-electron chi connectivity index (χ4n) is 3.50. The van der Waals surface area contributed by atoms with Crippen molar-refractivity contribution < 1.29 is 4.74 Å². The molecule has 0 bridgehead atoms. The molecule has 2 aromatic carbocycles. The Morgan fingerprint density at radius 2 is 1.95 bits per heavy atom. The van der Waals surface area contributed by atoms with Gasteiger partial charge in [-0.15, -0.1) is 0 Å². The molecule has 0 aliphatic carbocycles. The van der Waals surface area contributed by atoms with Gasteiger partial charge in [0, 0.05) is 31.7 Å². The summed E-state index contributed by atoms with van der Waals surface area (Å²) in [5, 5.41) is 0. The van der Waals surface area contributed by atoms with Gasteiger partial charge >= 0.3 is 0 Å². The van der Waals surface area contributed by atoms with E-state index in [9.17, 15) is 0 Å². The summed E-state index contributed by atoms with van der Waals surface area (Å²) in [7, 11) is 0. The van der Waals surface area contributed by atoms with Crippen LogP contribution in [0.2, 0.25) is 0 Å². The lowest BCUT2D eigenvalue weighted by atomic mass is 9.97. The molecular weight excluding hydrogens is 260 g/mol. The van der Waals surface area contributed by atoms with Crippen LogP contribution in [0.1, 0.15) is 16.7 Å². The predicted molar refractivity (Wildman–Crippen MR) is 84.4 cm³/mol. The van der Waals surface area contributed by atoms with Crippen molar-refractivity contribution >= 4 is 5.69 Å². The molecule has 2 aliphatic rings. The summed E-state index contributed by atoms with van der Waals surface area (Å²) < 4.78 is 6.06. The maximum absolute atomic E-state index is 6.06. The molecule has 2 aromatic rings. The zero-order valence-corrected chi connectivity index (χ0v) is 12.1. The molecule has 21 heavy (non-hydrogen) atoms. The smallest absolute Gasteiger partial charge is 0.123 e. The first kappa shape index (κ1) is 12.7. The van der Waals surface area contributed by atoms with E-state index in [-0.39, 0.29) is 6.10 Å². The highest BCUT2D eigenvalue weighted by Gasteiger charge is 2.26. The van der Waals surface area contributed by atoms with E-state index < -0.39 is 0 Å². The molecule has 0 saturated heterocycles. The molecule has 0 spiro atoms. The standard InChI is InChI=1S/C18H20N2O/c19-17-6-3-5-14-11-20(9-8-16(14)17)12-15-10-13-4-1-2-7-18(13)21-15/h1-7,15H,8-12,19H2. The molecule has 0 saturated carbocycles. The van der Waals surface area contributed by atoms with Gasteiger partial charge < -0.3 is 10.5 Å². The first-order valence-corrected chi connectivity index (χ1v) is 7.63. The Kier molecular flexibility index (Phi) is 3.08. The van der Waals surface area contributed by atoms with Crippen molar-refractivity contribution in [1.29, 1.82) is 0 Å². The third-order valence-electron chi connectivity index (χ3n) is 4.56. The highest BCUT2D eigenvalue weighted by Crippen LogP contribution is 2.30. The molecule has 2 aliphatic heterocycles. The highest BCUT2D eigenvalue weighted by molar-refractivity contribution is 5.51. The third kappa shape index (κ3) is 2.38. The Morgan fingerprint density at radius 1 is 1.10 bits per heavy atom. The molecular formula is C18H20N2O. The molecule has 1 unspecified atom stereocenters. The summed E-state index contributed by atoms with van der Waals surface area (Å²) in [5.74, 6) is 1.06. The maximum Gasteiger partial charge on any atom is 0.123 e. The summed E-state index contributed by atoms with van der Waals surface area (Å²) in [6, 6.07) is 14.6. The molecule has 0 radical (unpaired) electrons. The largest absolute Gasteiger partial charge is 0.488 e. The molecule has 3 heteroatoms. The van der Waals surface area contributed by atoms with Crippen LogP contribution in [0.5, 0.6) is 5.75 Å². The fraction of sp³-hybridized carbons (Fsp3) is 0.333. The van der Waals surface area contributed by atoms with Crippen LogP contribution in [0.15, 0.2) is 42.5 Å². The zero-order chi connectivity index (χ0) is 14.2. The van der Waals surface area contributed by atoms with E-state index in [2.05, 4.69) is 35.2 Å². The molecule has 2 N–H and O–H groups in total. The number of hydrogen-bond donors (Lipinski definition) is 1. The van der Waals surface area contributed by atoms with Crippen molar-refractivity contribution in [2.75, 3.05) is 18.8 Å². The van der Waals surface area contributed by atoms with E-state index in [1.807, 2.05) is 12.1 Å². The number of rotatable bonds is 2. The van der Waals surface area contributed by atoms with E-state index in [4.69, 9.17) is 10.5 Å². The summed E-state index contributed by atoms with van der Waals surface area (Å²) in [4.78, 5) is 2.48. The summed E-state index contributed by atoms with van der Waals surface area (Å²) >= 11 is 0.